The predicted octanol–water partition coefficient (Wildman–Crippen LogP) is 2.23. The summed E-state index contributed by atoms with van der Waals surface area (Å²) in [4.78, 5) is 13.8. The van der Waals surface area contributed by atoms with Crippen LogP contribution in [-0.4, -0.2) is 36.1 Å². The molecule has 4 nitrogen and oxygen atoms in total. The van der Waals surface area contributed by atoms with Gasteiger partial charge in [0.15, 0.2) is 0 Å². The molecule has 4 heteroatoms. The summed E-state index contributed by atoms with van der Waals surface area (Å²) in [5, 5.41) is 10.4. The molecule has 1 aromatic carbocycles. The van der Waals surface area contributed by atoms with Gasteiger partial charge in [-0.1, -0.05) is 26.0 Å². The third kappa shape index (κ3) is 3.31. The molecule has 1 saturated heterocycles. The average molecular weight is 277 g/mol. The van der Waals surface area contributed by atoms with E-state index in [2.05, 4.69) is 13.8 Å². The fourth-order valence-corrected chi connectivity index (χ4v) is 2.70. The number of benzene rings is 1. The van der Waals surface area contributed by atoms with Gasteiger partial charge in [-0.25, -0.2) is 0 Å². The van der Waals surface area contributed by atoms with E-state index in [1.807, 2.05) is 29.2 Å². The van der Waals surface area contributed by atoms with E-state index in [4.69, 9.17) is 4.74 Å². The second-order valence-corrected chi connectivity index (χ2v) is 5.87. The molecule has 0 radical (unpaired) electrons. The van der Waals surface area contributed by atoms with Gasteiger partial charge in [0.1, 0.15) is 5.75 Å². The summed E-state index contributed by atoms with van der Waals surface area (Å²) in [6.45, 7) is 5.61. The van der Waals surface area contributed by atoms with Crippen LogP contribution in [0.5, 0.6) is 5.75 Å². The molecule has 2 unspecified atom stereocenters. The van der Waals surface area contributed by atoms with Gasteiger partial charge >= 0.3 is 0 Å². The van der Waals surface area contributed by atoms with Gasteiger partial charge in [0.2, 0.25) is 5.91 Å². The first-order valence-corrected chi connectivity index (χ1v) is 7.11. The first kappa shape index (κ1) is 14.9. The molecule has 1 heterocycles. The molecule has 1 aliphatic heterocycles. The average Bonchev–Trinajstić information content (AvgIpc) is 2.79. The second-order valence-electron chi connectivity index (χ2n) is 5.87. The molecule has 110 valence electrons. The molecule has 0 aliphatic carbocycles. The minimum atomic E-state index is -0.595. The number of aliphatic hydroxyl groups is 1. The predicted molar refractivity (Wildman–Crippen MR) is 77.5 cm³/mol. The van der Waals surface area contributed by atoms with Crippen LogP contribution >= 0.6 is 0 Å². The fraction of sp³-hybridized carbons (Fsp3) is 0.562. The Kier molecular flexibility index (Phi) is 4.65. The van der Waals surface area contributed by atoms with Crippen LogP contribution in [0.1, 0.15) is 31.9 Å². The topological polar surface area (TPSA) is 49.8 Å². The van der Waals surface area contributed by atoms with Gasteiger partial charge in [-0.15, -0.1) is 0 Å². The normalized spacial score (nSPS) is 20.6. The van der Waals surface area contributed by atoms with E-state index >= 15 is 0 Å². The highest BCUT2D eigenvalue weighted by Gasteiger charge is 2.34. The van der Waals surface area contributed by atoms with Crippen molar-refractivity contribution in [3.63, 3.8) is 0 Å². The fourth-order valence-electron chi connectivity index (χ4n) is 2.70. The molecule has 20 heavy (non-hydrogen) atoms. The van der Waals surface area contributed by atoms with Gasteiger partial charge in [-0.2, -0.15) is 0 Å². The summed E-state index contributed by atoms with van der Waals surface area (Å²) in [6.07, 6.45) is -0.165. The minimum absolute atomic E-state index is 0.0188. The summed E-state index contributed by atoms with van der Waals surface area (Å²) in [5.41, 5.74) is 0.843. The standard InChI is InChI=1S/C16H23NO3/c1-11(2)9-17-10-13(8-15(17)18)16(19)12-4-6-14(20-3)7-5-12/h4-7,11,13,16,19H,8-10H2,1-3H3. The van der Waals surface area contributed by atoms with Crippen molar-refractivity contribution in [3.8, 4) is 5.75 Å². The van der Waals surface area contributed by atoms with Crippen LogP contribution in [0, 0.1) is 11.8 Å². The SMILES string of the molecule is COc1ccc(C(O)C2CC(=O)N(CC(C)C)C2)cc1. The number of carbonyl (C=O) groups excluding carboxylic acids is 1. The van der Waals surface area contributed by atoms with Crippen LogP contribution < -0.4 is 4.74 Å². The maximum Gasteiger partial charge on any atom is 0.223 e. The van der Waals surface area contributed by atoms with Gasteiger partial charge < -0.3 is 14.7 Å². The number of ether oxygens (including phenoxy) is 1. The number of carbonyl (C=O) groups is 1. The molecule has 0 bridgehead atoms. The van der Waals surface area contributed by atoms with E-state index in [-0.39, 0.29) is 11.8 Å². The molecule has 2 atom stereocenters. The van der Waals surface area contributed by atoms with E-state index in [1.165, 1.54) is 0 Å². The van der Waals surface area contributed by atoms with Gasteiger partial charge in [0, 0.05) is 25.4 Å². The Balaban J connectivity index is 2.02. The van der Waals surface area contributed by atoms with Crippen molar-refractivity contribution in [3.05, 3.63) is 29.8 Å². The Labute approximate surface area is 120 Å². The van der Waals surface area contributed by atoms with Gasteiger partial charge in [-0.05, 0) is 23.6 Å². The summed E-state index contributed by atoms with van der Waals surface area (Å²) >= 11 is 0. The highest BCUT2D eigenvalue weighted by atomic mass is 16.5. The molecule has 1 amide bonds. The van der Waals surface area contributed by atoms with Crippen molar-refractivity contribution in [1.29, 1.82) is 0 Å². The van der Waals surface area contributed by atoms with Crippen LogP contribution in [0.2, 0.25) is 0 Å². The Bertz CT molecular complexity index is 455. The van der Waals surface area contributed by atoms with Crippen molar-refractivity contribution in [2.24, 2.45) is 11.8 Å². The zero-order valence-electron chi connectivity index (χ0n) is 12.4. The number of aliphatic hydroxyl groups excluding tert-OH is 1. The lowest BCUT2D eigenvalue weighted by atomic mass is 9.95. The summed E-state index contributed by atoms with van der Waals surface area (Å²) < 4.78 is 5.11. The quantitative estimate of drug-likeness (QED) is 0.898. The molecule has 1 N–H and O–H groups in total. The molecule has 2 rings (SSSR count). The van der Waals surface area contributed by atoms with Gasteiger partial charge in [-0.3, -0.25) is 4.79 Å². The Hall–Kier alpha value is -1.55. The molecule has 0 aromatic heterocycles. The maximum absolute atomic E-state index is 12.0. The molecular weight excluding hydrogens is 254 g/mol. The molecule has 0 saturated carbocycles. The zero-order valence-corrected chi connectivity index (χ0v) is 12.4. The summed E-state index contributed by atoms with van der Waals surface area (Å²) in [5.74, 6) is 1.35. The van der Waals surface area contributed by atoms with Crippen molar-refractivity contribution < 1.29 is 14.6 Å². The molecule has 1 aromatic rings. The van der Waals surface area contributed by atoms with Crippen molar-refractivity contribution in [2.45, 2.75) is 26.4 Å². The Morgan fingerprint density at radius 3 is 2.55 bits per heavy atom. The first-order chi connectivity index (χ1) is 9.51. The lowest BCUT2D eigenvalue weighted by Gasteiger charge is -2.21. The second kappa shape index (κ2) is 6.27. The number of hydrogen-bond acceptors (Lipinski definition) is 3. The Morgan fingerprint density at radius 2 is 2.00 bits per heavy atom. The highest BCUT2D eigenvalue weighted by molar-refractivity contribution is 5.78. The van der Waals surface area contributed by atoms with Crippen LogP contribution in [-0.2, 0) is 4.79 Å². The van der Waals surface area contributed by atoms with Crippen LogP contribution in [0.25, 0.3) is 0 Å². The number of amides is 1. The number of nitrogens with zero attached hydrogens (tertiary/aromatic N) is 1. The lowest BCUT2D eigenvalue weighted by Crippen LogP contribution is -2.29. The van der Waals surface area contributed by atoms with E-state index in [9.17, 15) is 9.90 Å². The molecule has 1 aliphatic rings. The molecule has 0 spiro atoms. The van der Waals surface area contributed by atoms with E-state index < -0.39 is 6.10 Å². The monoisotopic (exact) mass is 277 g/mol. The van der Waals surface area contributed by atoms with Crippen molar-refractivity contribution in [2.75, 3.05) is 20.2 Å². The third-order valence-corrected chi connectivity index (χ3v) is 3.73. The van der Waals surface area contributed by atoms with E-state index in [0.29, 0.717) is 18.9 Å². The van der Waals surface area contributed by atoms with Crippen LogP contribution in [0.4, 0.5) is 0 Å². The minimum Gasteiger partial charge on any atom is -0.497 e. The highest BCUT2D eigenvalue weighted by Crippen LogP contribution is 2.31. The van der Waals surface area contributed by atoms with Crippen molar-refractivity contribution in [1.82, 2.24) is 4.90 Å². The molecule has 1 fully saturated rings. The summed E-state index contributed by atoms with van der Waals surface area (Å²) in [7, 11) is 1.62. The van der Waals surface area contributed by atoms with E-state index in [0.717, 1.165) is 17.9 Å². The first-order valence-electron chi connectivity index (χ1n) is 7.11. The summed E-state index contributed by atoms with van der Waals surface area (Å²) in [6, 6.07) is 7.39. The molecular formula is C16H23NO3. The van der Waals surface area contributed by atoms with Crippen molar-refractivity contribution >= 4 is 5.91 Å². The van der Waals surface area contributed by atoms with E-state index in [1.54, 1.807) is 7.11 Å². The van der Waals surface area contributed by atoms with Crippen LogP contribution in [0.3, 0.4) is 0 Å². The number of rotatable bonds is 5. The third-order valence-electron chi connectivity index (χ3n) is 3.73. The number of hydrogen-bond donors (Lipinski definition) is 1. The maximum atomic E-state index is 12.0. The van der Waals surface area contributed by atoms with Gasteiger partial charge in [0.25, 0.3) is 0 Å². The number of likely N-dealkylation sites (tertiary alicyclic amines) is 1. The zero-order chi connectivity index (χ0) is 14.7. The van der Waals surface area contributed by atoms with Crippen LogP contribution in [0.15, 0.2) is 24.3 Å². The van der Waals surface area contributed by atoms with Gasteiger partial charge in [0.05, 0.1) is 13.2 Å². The lowest BCUT2D eigenvalue weighted by molar-refractivity contribution is -0.128. The number of methoxy groups -OCH3 is 1. The largest absolute Gasteiger partial charge is 0.497 e. The smallest absolute Gasteiger partial charge is 0.223 e. The Morgan fingerprint density at radius 1 is 1.35 bits per heavy atom.